The maximum absolute atomic E-state index is 12.3. The number of carbonyl (C=O) groups excluding carboxylic acids is 1. The van der Waals surface area contributed by atoms with Gasteiger partial charge < -0.3 is 10.1 Å². The molecule has 0 radical (unpaired) electrons. The van der Waals surface area contributed by atoms with Crippen molar-refractivity contribution >= 4 is 27.3 Å². The number of amides is 1. The van der Waals surface area contributed by atoms with Crippen molar-refractivity contribution in [3.63, 3.8) is 0 Å². The number of rotatable bonds is 8. The third kappa shape index (κ3) is 5.46. The summed E-state index contributed by atoms with van der Waals surface area (Å²) in [4.78, 5) is 12.3. The van der Waals surface area contributed by atoms with Crippen LogP contribution in [0.4, 0.5) is 11.4 Å². The van der Waals surface area contributed by atoms with Crippen LogP contribution in [0.5, 0.6) is 5.75 Å². The first kappa shape index (κ1) is 20.3. The molecule has 0 atom stereocenters. The fourth-order valence-corrected chi connectivity index (χ4v) is 3.46. The number of nitriles is 1. The molecule has 1 amide bonds. The average Bonchev–Trinajstić information content (AvgIpc) is 2.63. The van der Waals surface area contributed by atoms with Gasteiger partial charge in [-0.05, 0) is 31.2 Å². The lowest BCUT2D eigenvalue weighted by Crippen LogP contribution is -2.33. The van der Waals surface area contributed by atoms with Crippen LogP contribution in [0.3, 0.4) is 0 Å². The molecule has 0 bridgehead atoms. The molecule has 0 aliphatic rings. The number of ether oxygens (including phenoxy) is 1. The fourth-order valence-electron chi connectivity index (χ4n) is 2.52. The third-order valence-electron chi connectivity index (χ3n) is 3.70. The first-order chi connectivity index (χ1) is 12.9. The molecule has 0 aliphatic heterocycles. The maximum Gasteiger partial charge on any atom is 0.232 e. The highest BCUT2D eigenvalue weighted by Crippen LogP contribution is 2.25. The molecule has 27 heavy (non-hydrogen) atoms. The van der Waals surface area contributed by atoms with Crippen molar-refractivity contribution in [2.24, 2.45) is 0 Å². The molecule has 0 saturated carbocycles. The van der Waals surface area contributed by atoms with E-state index in [0.29, 0.717) is 18.0 Å². The monoisotopic (exact) mass is 387 g/mol. The second kappa shape index (κ2) is 9.05. The zero-order valence-corrected chi connectivity index (χ0v) is 16.0. The Balaban J connectivity index is 2.14. The van der Waals surface area contributed by atoms with E-state index in [1.165, 1.54) is 6.07 Å². The first-order valence-electron chi connectivity index (χ1n) is 8.35. The molecule has 0 saturated heterocycles. The van der Waals surface area contributed by atoms with Crippen molar-refractivity contribution in [2.75, 3.05) is 29.0 Å². The summed E-state index contributed by atoms with van der Waals surface area (Å²) in [5.74, 6) is 0.188. The van der Waals surface area contributed by atoms with E-state index in [1.807, 2.05) is 13.0 Å². The Labute approximate surface area is 159 Å². The normalized spacial score (nSPS) is 10.7. The number of hydrogen-bond acceptors (Lipinski definition) is 5. The van der Waals surface area contributed by atoms with Crippen LogP contribution in [0.25, 0.3) is 0 Å². The predicted molar refractivity (Wildman–Crippen MR) is 104 cm³/mol. The van der Waals surface area contributed by atoms with E-state index in [1.54, 1.807) is 42.5 Å². The highest BCUT2D eigenvalue weighted by molar-refractivity contribution is 7.92. The first-order valence-corrected chi connectivity index (χ1v) is 10.2. The molecular weight excluding hydrogens is 366 g/mol. The van der Waals surface area contributed by atoms with Gasteiger partial charge in [0.05, 0.1) is 29.8 Å². The summed E-state index contributed by atoms with van der Waals surface area (Å²) in [6, 6.07) is 15.4. The van der Waals surface area contributed by atoms with E-state index in [4.69, 9.17) is 4.74 Å². The van der Waals surface area contributed by atoms with Gasteiger partial charge >= 0.3 is 0 Å². The molecule has 7 nitrogen and oxygen atoms in total. The molecule has 0 heterocycles. The maximum atomic E-state index is 12.3. The SMILES string of the molecule is CCOc1ccccc1NC(=O)CCN(c1ccccc1C#N)S(C)(=O)=O. The van der Waals surface area contributed by atoms with Gasteiger partial charge in [-0.15, -0.1) is 0 Å². The van der Waals surface area contributed by atoms with Gasteiger partial charge in [-0.25, -0.2) is 8.42 Å². The number of hydrogen-bond donors (Lipinski definition) is 1. The molecule has 0 unspecified atom stereocenters. The van der Waals surface area contributed by atoms with Crippen molar-refractivity contribution in [2.45, 2.75) is 13.3 Å². The van der Waals surface area contributed by atoms with Gasteiger partial charge in [0, 0.05) is 13.0 Å². The lowest BCUT2D eigenvalue weighted by atomic mass is 10.2. The molecule has 8 heteroatoms. The van der Waals surface area contributed by atoms with Gasteiger partial charge in [-0.3, -0.25) is 9.10 Å². The van der Waals surface area contributed by atoms with Crippen molar-refractivity contribution in [3.05, 3.63) is 54.1 Å². The fraction of sp³-hybridized carbons (Fsp3) is 0.263. The Morgan fingerprint density at radius 3 is 2.52 bits per heavy atom. The number of nitrogens with zero attached hydrogens (tertiary/aromatic N) is 2. The molecule has 2 rings (SSSR count). The Morgan fingerprint density at radius 2 is 1.85 bits per heavy atom. The number of benzene rings is 2. The Morgan fingerprint density at radius 1 is 1.19 bits per heavy atom. The molecule has 0 aliphatic carbocycles. The van der Waals surface area contributed by atoms with Gasteiger partial charge in [0.1, 0.15) is 11.8 Å². The van der Waals surface area contributed by atoms with Crippen molar-refractivity contribution in [1.29, 1.82) is 5.26 Å². The van der Waals surface area contributed by atoms with Crippen LogP contribution in [0.2, 0.25) is 0 Å². The lowest BCUT2D eigenvalue weighted by molar-refractivity contribution is -0.116. The minimum atomic E-state index is -3.66. The third-order valence-corrected chi connectivity index (χ3v) is 4.88. The van der Waals surface area contributed by atoms with Gasteiger partial charge in [0.25, 0.3) is 0 Å². The summed E-state index contributed by atoms with van der Waals surface area (Å²) in [6.45, 7) is 2.22. The second-order valence-electron chi connectivity index (χ2n) is 5.69. The highest BCUT2D eigenvalue weighted by Gasteiger charge is 2.21. The molecule has 0 aromatic heterocycles. The summed E-state index contributed by atoms with van der Waals surface area (Å²) in [5, 5.41) is 12.0. The molecule has 0 spiro atoms. The van der Waals surface area contributed by atoms with E-state index in [9.17, 15) is 18.5 Å². The number of nitrogens with one attached hydrogen (secondary N) is 1. The van der Waals surface area contributed by atoms with E-state index < -0.39 is 10.0 Å². The highest BCUT2D eigenvalue weighted by atomic mass is 32.2. The van der Waals surface area contributed by atoms with Crippen molar-refractivity contribution < 1.29 is 17.9 Å². The Hall–Kier alpha value is -3.05. The quantitative estimate of drug-likeness (QED) is 0.751. The molecule has 1 N–H and O–H groups in total. The van der Waals surface area contributed by atoms with Crippen LogP contribution < -0.4 is 14.4 Å². The van der Waals surface area contributed by atoms with Gasteiger partial charge in [-0.1, -0.05) is 24.3 Å². The lowest BCUT2D eigenvalue weighted by Gasteiger charge is -2.23. The summed E-state index contributed by atoms with van der Waals surface area (Å²) >= 11 is 0. The molecular formula is C19H21N3O4S. The van der Waals surface area contributed by atoms with E-state index >= 15 is 0 Å². The van der Waals surface area contributed by atoms with Crippen molar-refractivity contribution in [3.8, 4) is 11.8 Å². The smallest absolute Gasteiger partial charge is 0.232 e. The van der Waals surface area contributed by atoms with E-state index in [-0.39, 0.29) is 30.1 Å². The topological polar surface area (TPSA) is 99.5 Å². The van der Waals surface area contributed by atoms with Crippen LogP contribution in [0.1, 0.15) is 18.9 Å². The standard InChI is InChI=1S/C19H21N3O4S/c1-3-26-18-11-7-5-9-16(18)21-19(23)12-13-22(27(2,24)25)17-10-6-4-8-15(17)14-20/h4-11H,3,12-13H2,1-2H3,(H,21,23). The minimum Gasteiger partial charge on any atom is -0.492 e. The summed E-state index contributed by atoms with van der Waals surface area (Å²) in [5.41, 5.74) is 1.00. The number of anilines is 2. The second-order valence-corrected chi connectivity index (χ2v) is 7.60. The van der Waals surface area contributed by atoms with Crippen molar-refractivity contribution in [1.82, 2.24) is 0 Å². The number of sulfonamides is 1. The van der Waals surface area contributed by atoms with Crippen LogP contribution in [-0.4, -0.2) is 33.7 Å². The van der Waals surface area contributed by atoms with Gasteiger partial charge in [0.15, 0.2) is 0 Å². The zero-order chi connectivity index (χ0) is 19.9. The summed E-state index contributed by atoms with van der Waals surface area (Å²) in [6.07, 6.45) is 0.969. The Kier molecular flexibility index (Phi) is 6.79. The van der Waals surface area contributed by atoms with E-state index in [2.05, 4.69) is 5.32 Å². The van der Waals surface area contributed by atoms with Gasteiger partial charge in [-0.2, -0.15) is 5.26 Å². The molecule has 0 fully saturated rings. The largest absolute Gasteiger partial charge is 0.492 e. The number of para-hydroxylation sites is 3. The van der Waals surface area contributed by atoms with Crippen LogP contribution >= 0.6 is 0 Å². The van der Waals surface area contributed by atoms with Crippen LogP contribution in [-0.2, 0) is 14.8 Å². The predicted octanol–water partition coefficient (Wildman–Crippen LogP) is 2.75. The summed E-state index contributed by atoms with van der Waals surface area (Å²) < 4.78 is 30.9. The van der Waals surface area contributed by atoms with E-state index in [0.717, 1.165) is 10.6 Å². The molecule has 142 valence electrons. The summed E-state index contributed by atoms with van der Waals surface area (Å²) in [7, 11) is -3.66. The molecule has 2 aromatic rings. The molecule has 2 aromatic carbocycles. The number of carbonyl (C=O) groups is 1. The van der Waals surface area contributed by atoms with Crippen LogP contribution in [0, 0.1) is 11.3 Å². The Bertz CT molecular complexity index is 951. The van der Waals surface area contributed by atoms with Gasteiger partial charge in [0.2, 0.25) is 15.9 Å². The van der Waals surface area contributed by atoms with Crippen LogP contribution in [0.15, 0.2) is 48.5 Å². The minimum absolute atomic E-state index is 0.0761. The average molecular weight is 387 g/mol. The zero-order valence-electron chi connectivity index (χ0n) is 15.2.